The minimum absolute atomic E-state index is 0.263. The summed E-state index contributed by atoms with van der Waals surface area (Å²) in [4.78, 5) is 0. The molecule has 0 unspecified atom stereocenters. The zero-order chi connectivity index (χ0) is 12.5. The van der Waals surface area contributed by atoms with E-state index in [1.165, 1.54) is 6.20 Å². The fourth-order valence-corrected chi connectivity index (χ4v) is 1.40. The fourth-order valence-electron chi connectivity index (χ4n) is 1.40. The molecule has 1 aromatic carbocycles. The zero-order valence-corrected chi connectivity index (χ0v) is 8.57. The molecule has 5 heteroatoms. The molecule has 0 radical (unpaired) electrons. The van der Waals surface area contributed by atoms with Gasteiger partial charge in [-0.2, -0.15) is 18.3 Å². The second kappa shape index (κ2) is 3.98. The third-order valence-corrected chi connectivity index (χ3v) is 2.16. The molecule has 0 saturated heterocycles. The zero-order valence-electron chi connectivity index (χ0n) is 8.57. The quantitative estimate of drug-likeness (QED) is 0.696. The number of hydrogen-bond donors (Lipinski definition) is 0. The van der Waals surface area contributed by atoms with Gasteiger partial charge in [-0.05, 0) is 12.1 Å². The SMILES string of the molecule is C#Cc1cn(-c2ccccc2)nc1C(F)(F)F. The maximum atomic E-state index is 12.6. The van der Waals surface area contributed by atoms with Crippen molar-refractivity contribution in [1.82, 2.24) is 9.78 Å². The minimum Gasteiger partial charge on any atom is -0.239 e. The van der Waals surface area contributed by atoms with Crippen molar-refractivity contribution in [1.29, 1.82) is 0 Å². The molecule has 0 amide bonds. The van der Waals surface area contributed by atoms with Crippen LogP contribution < -0.4 is 0 Å². The molecule has 1 heterocycles. The predicted molar refractivity (Wildman–Crippen MR) is 56.5 cm³/mol. The minimum atomic E-state index is -4.54. The van der Waals surface area contributed by atoms with Crippen molar-refractivity contribution < 1.29 is 13.2 Å². The van der Waals surface area contributed by atoms with E-state index in [4.69, 9.17) is 6.42 Å². The molecule has 0 aliphatic carbocycles. The van der Waals surface area contributed by atoms with Crippen LogP contribution in [-0.2, 0) is 6.18 Å². The highest BCUT2D eigenvalue weighted by molar-refractivity contribution is 5.40. The third kappa shape index (κ3) is 2.16. The van der Waals surface area contributed by atoms with Crippen LogP contribution in [0.25, 0.3) is 5.69 Å². The lowest BCUT2D eigenvalue weighted by molar-refractivity contribution is -0.141. The van der Waals surface area contributed by atoms with Gasteiger partial charge in [0.25, 0.3) is 0 Å². The summed E-state index contributed by atoms with van der Waals surface area (Å²) in [5, 5.41) is 3.47. The van der Waals surface area contributed by atoms with Crippen LogP contribution in [0.15, 0.2) is 36.5 Å². The lowest BCUT2D eigenvalue weighted by atomic mass is 10.2. The van der Waals surface area contributed by atoms with E-state index in [-0.39, 0.29) is 5.56 Å². The number of halogens is 3. The molecule has 2 rings (SSSR count). The Kier molecular flexibility index (Phi) is 2.64. The van der Waals surface area contributed by atoms with E-state index in [1.54, 1.807) is 30.3 Å². The Morgan fingerprint density at radius 3 is 2.29 bits per heavy atom. The molecule has 0 atom stereocenters. The van der Waals surface area contributed by atoms with Gasteiger partial charge >= 0.3 is 6.18 Å². The van der Waals surface area contributed by atoms with Crippen LogP contribution in [0, 0.1) is 12.3 Å². The lowest BCUT2D eigenvalue weighted by Crippen LogP contribution is -2.08. The van der Waals surface area contributed by atoms with Crippen molar-refractivity contribution in [3.05, 3.63) is 47.8 Å². The molecule has 1 aromatic heterocycles. The molecule has 17 heavy (non-hydrogen) atoms. The van der Waals surface area contributed by atoms with Gasteiger partial charge in [0.1, 0.15) is 0 Å². The van der Waals surface area contributed by atoms with E-state index >= 15 is 0 Å². The molecule has 0 bridgehead atoms. The van der Waals surface area contributed by atoms with Gasteiger partial charge in [0.05, 0.1) is 11.3 Å². The monoisotopic (exact) mass is 236 g/mol. The second-order valence-electron chi connectivity index (χ2n) is 3.31. The normalized spacial score (nSPS) is 11.2. The van der Waals surface area contributed by atoms with Crippen molar-refractivity contribution in [2.75, 3.05) is 0 Å². The number of aromatic nitrogens is 2. The van der Waals surface area contributed by atoms with Crippen LogP contribution in [0.1, 0.15) is 11.3 Å². The number of hydrogen-bond acceptors (Lipinski definition) is 1. The van der Waals surface area contributed by atoms with Gasteiger partial charge in [-0.1, -0.05) is 24.1 Å². The van der Waals surface area contributed by atoms with E-state index in [0.717, 1.165) is 4.68 Å². The molecule has 0 fully saturated rings. The summed E-state index contributed by atoms with van der Waals surface area (Å²) in [6.45, 7) is 0. The molecular weight excluding hydrogens is 229 g/mol. The molecule has 86 valence electrons. The average molecular weight is 236 g/mol. The first-order chi connectivity index (χ1) is 8.02. The summed E-state index contributed by atoms with van der Waals surface area (Å²) < 4.78 is 38.9. The fraction of sp³-hybridized carbons (Fsp3) is 0.0833. The van der Waals surface area contributed by atoms with Crippen molar-refractivity contribution in [2.24, 2.45) is 0 Å². The Morgan fingerprint density at radius 2 is 1.82 bits per heavy atom. The number of nitrogens with zero attached hydrogens (tertiary/aromatic N) is 2. The average Bonchev–Trinajstić information content (AvgIpc) is 2.74. The molecular formula is C12H7F3N2. The second-order valence-corrected chi connectivity index (χ2v) is 3.31. The van der Waals surface area contributed by atoms with Crippen LogP contribution in [0.4, 0.5) is 13.2 Å². The van der Waals surface area contributed by atoms with E-state index in [2.05, 4.69) is 5.10 Å². The van der Waals surface area contributed by atoms with E-state index in [1.807, 2.05) is 5.92 Å². The topological polar surface area (TPSA) is 17.8 Å². The predicted octanol–water partition coefficient (Wildman–Crippen LogP) is 2.87. The number of benzene rings is 1. The molecule has 0 N–H and O–H groups in total. The Hall–Kier alpha value is -2.22. The largest absolute Gasteiger partial charge is 0.436 e. The van der Waals surface area contributed by atoms with E-state index in [9.17, 15) is 13.2 Å². The van der Waals surface area contributed by atoms with Crippen LogP contribution in [0.3, 0.4) is 0 Å². The summed E-state index contributed by atoms with van der Waals surface area (Å²) in [6, 6.07) is 8.47. The highest BCUT2D eigenvalue weighted by Gasteiger charge is 2.37. The highest BCUT2D eigenvalue weighted by Crippen LogP contribution is 2.30. The molecule has 0 saturated carbocycles. The Labute approximate surface area is 95.7 Å². The summed E-state index contributed by atoms with van der Waals surface area (Å²) in [5.74, 6) is 1.99. The third-order valence-electron chi connectivity index (χ3n) is 2.16. The number of terminal acetylenes is 1. The van der Waals surface area contributed by atoms with Crippen LogP contribution in [0.2, 0.25) is 0 Å². The van der Waals surface area contributed by atoms with Crippen molar-refractivity contribution in [3.8, 4) is 18.0 Å². The smallest absolute Gasteiger partial charge is 0.239 e. The van der Waals surface area contributed by atoms with Crippen LogP contribution in [0.5, 0.6) is 0 Å². The first-order valence-corrected chi connectivity index (χ1v) is 4.71. The standard InChI is InChI=1S/C12H7F3N2/c1-2-9-8-17(10-6-4-3-5-7-10)16-11(9)12(13,14)15/h1,3-8H. The molecule has 0 spiro atoms. The van der Waals surface area contributed by atoms with Gasteiger partial charge in [0.2, 0.25) is 0 Å². The first kappa shape index (κ1) is 11.3. The summed E-state index contributed by atoms with van der Waals surface area (Å²) in [5.41, 5.74) is -0.773. The van der Waals surface area contributed by atoms with E-state index in [0.29, 0.717) is 5.69 Å². The van der Waals surface area contributed by atoms with Crippen molar-refractivity contribution in [2.45, 2.75) is 6.18 Å². The molecule has 0 aliphatic heterocycles. The Balaban J connectivity index is 2.54. The summed E-state index contributed by atoms with van der Waals surface area (Å²) in [6.07, 6.45) is 1.69. The number of rotatable bonds is 1. The van der Waals surface area contributed by atoms with Gasteiger partial charge in [0.15, 0.2) is 5.69 Å². The maximum Gasteiger partial charge on any atom is 0.436 e. The lowest BCUT2D eigenvalue weighted by Gasteiger charge is -2.02. The Bertz CT molecular complexity index is 562. The first-order valence-electron chi connectivity index (χ1n) is 4.71. The molecule has 0 aliphatic rings. The number of alkyl halides is 3. The van der Waals surface area contributed by atoms with Gasteiger partial charge < -0.3 is 0 Å². The number of para-hydroxylation sites is 1. The van der Waals surface area contributed by atoms with Gasteiger partial charge in [0, 0.05) is 6.20 Å². The molecule has 2 nitrogen and oxygen atoms in total. The van der Waals surface area contributed by atoms with Crippen LogP contribution >= 0.6 is 0 Å². The summed E-state index contributed by atoms with van der Waals surface area (Å²) in [7, 11) is 0. The van der Waals surface area contributed by atoms with E-state index < -0.39 is 11.9 Å². The van der Waals surface area contributed by atoms with Gasteiger partial charge in [-0.25, -0.2) is 4.68 Å². The van der Waals surface area contributed by atoms with Crippen molar-refractivity contribution >= 4 is 0 Å². The van der Waals surface area contributed by atoms with Crippen molar-refractivity contribution in [3.63, 3.8) is 0 Å². The van der Waals surface area contributed by atoms with Gasteiger partial charge in [-0.15, -0.1) is 6.42 Å². The van der Waals surface area contributed by atoms with Gasteiger partial charge in [-0.3, -0.25) is 0 Å². The Morgan fingerprint density at radius 1 is 1.18 bits per heavy atom. The maximum absolute atomic E-state index is 12.6. The molecule has 2 aromatic rings. The van der Waals surface area contributed by atoms with Crippen LogP contribution in [-0.4, -0.2) is 9.78 Å². The highest BCUT2D eigenvalue weighted by atomic mass is 19.4. The summed E-state index contributed by atoms with van der Waals surface area (Å²) >= 11 is 0.